The van der Waals surface area contributed by atoms with E-state index in [0.29, 0.717) is 23.1 Å². The van der Waals surface area contributed by atoms with Crippen LogP contribution in [0.3, 0.4) is 0 Å². The molecular formula is C23H28FNO5S. The Labute approximate surface area is 182 Å². The number of benzene rings is 2. The van der Waals surface area contributed by atoms with Gasteiger partial charge in [-0.05, 0) is 68.2 Å². The average Bonchev–Trinajstić information content (AvgIpc) is 2.67. The molecule has 1 atom stereocenters. The minimum absolute atomic E-state index is 0.0371. The van der Waals surface area contributed by atoms with Crippen molar-refractivity contribution in [3.05, 3.63) is 71.0 Å². The van der Waals surface area contributed by atoms with Crippen LogP contribution in [-0.2, 0) is 14.8 Å². The van der Waals surface area contributed by atoms with E-state index in [9.17, 15) is 27.8 Å². The predicted molar refractivity (Wildman–Crippen MR) is 117 cm³/mol. The van der Waals surface area contributed by atoms with Gasteiger partial charge in [-0.2, -0.15) is 0 Å². The number of nitrogens with one attached hydrogen (secondary N) is 1. The molecule has 31 heavy (non-hydrogen) atoms. The van der Waals surface area contributed by atoms with Gasteiger partial charge in [-0.15, -0.1) is 0 Å². The Hall–Kier alpha value is -2.55. The molecule has 6 nitrogen and oxygen atoms in total. The molecule has 8 heteroatoms. The summed E-state index contributed by atoms with van der Waals surface area (Å²) in [6.07, 6.45) is -0.606. The van der Waals surface area contributed by atoms with Crippen LogP contribution in [0, 0.1) is 5.82 Å². The molecule has 0 fully saturated rings. The smallest absolute Gasteiger partial charge is 0.332 e. The first-order valence-corrected chi connectivity index (χ1v) is 11.4. The van der Waals surface area contributed by atoms with E-state index in [1.165, 1.54) is 48.5 Å². The molecule has 3 N–H and O–H groups in total. The van der Waals surface area contributed by atoms with Crippen LogP contribution in [0.2, 0.25) is 0 Å². The number of carbonyl (C=O) groups is 1. The Morgan fingerprint density at radius 2 is 1.52 bits per heavy atom. The van der Waals surface area contributed by atoms with Gasteiger partial charge in [0.15, 0.2) is 0 Å². The van der Waals surface area contributed by atoms with Crippen LogP contribution in [0.1, 0.15) is 51.7 Å². The summed E-state index contributed by atoms with van der Waals surface area (Å²) in [6, 6.07) is 11.2. The van der Waals surface area contributed by atoms with Crippen LogP contribution in [0.15, 0.2) is 59.0 Å². The van der Waals surface area contributed by atoms with Crippen LogP contribution in [0.4, 0.5) is 4.39 Å². The van der Waals surface area contributed by atoms with E-state index in [1.54, 1.807) is 27.7 Å². The first-order valence-electron chi connectivity index (χ1n) is 9.89. The van der Waals surface area contributed by atoms with Gasteiger partial charge in [0.2, 0.25) is 10.0 Å². The highest BCUT2D eigenvalue weighted by Gasteiger charge is 2.24. The standard InChI is InChI=1S/C23H28FNO5S/c1-5-18(26)14-20(22(27)28)21(15-6-10-17(24)11-7-15)16-8-12-19(13-9-16)31(29,30)25-23(2,3)4/h6-13,18,25-26H,5,14H2,1-4H3,(H,27,28). The first-order chi connectivity index (χ1) is 14.3. The molecule has 2 aromatic rings. The lowest BCUT2D eigenvalue weighted by atomic mass is 9.90. The zero-order valence-electron chi connectivity index (χ0n) is 18.0. The van der Waals surface area contributed by atoms with E-state index in [0.717, 1.165) is 0 Å². The normalized spacial score (nSPS) is 14.1. The number of aliphatic hydroxyl groups is 1. The number of carboxylic acids is 1. The van der Waals surface area contributed by atoms with E-state index in [4.69, 9.17) is 0 Å². The van der Waals surface area contributed by atoms with Crippen molar-refractivity contribution in [1.29, 1.82) is 0 Å². The third-order valence-corrected chi connectivity index (χ3v) is 6.27. The van der Waals surface area contributed by atoms with E-state index < -0.39 is 33.5 Å². The second-order valence-corrected chi connectivity index (χ2v) is 9.99. The van der Waals surface area contributed by atoms with Crippen molar-refractivity contribution in [2.45, 2.75) is 57.1 Å². The minimum Gasteiger partial charge on any atom is -0.478 e. The zero-order chi connectivity index (χ0) is 23.4. The van der Waals surface area contributed by atoms with Crippen molar-refractivity contribution in [2.75, 3.05) is 0 Å². The highest BCUT2D eigenvalue weighted by Crippen LogP contribution is 2.31. The summed E-state index contributed by atoms with van der Waals surface area (Å²) in [6.45, 7) is 6.93. The van der Waals surface area contributed by atoms with Crippen molar-refractivity contribution in [3.8, 4) is 0 Å². The number of halogens is 1. The third kappa shape index (κ3) is 6.72. The molecule has 0 saturated carbocycles. The number of sulfonamides is 1. The number of rotatable bonds is 8. The Morgan fingerprint density at radius 1 is 1.03 bits per heavy atom. The van der Waals surface area contributed by atoms with Gasteiger partial charge >= 0.3 is 5.97 Å². The van der Waals surface area contributed by atoms with Gasteiger partial charge < -0.3 is 10.2 Å². The maximum Gasteiger partial charge on any atom is 0.332 e. The van der Waals surface area contributed by atoms with Gasteiger partial charge in [0.1, 0.15) is 5.82 Å². The molecule has 1 unspecified atom stereocenters. The van der Waals surface area contributed by atoms with Crippen LogP contribution < -0.4 is 4.72 Å². The molecule has 168 valence electrons. The topological polar surface area (TPSA) is 104 Å². The fourth-order valence-corrected chi connectivity index (χ4v) is 4.49. The fraction of sp³-hybridized carbons (Fsp3) is 0.348. The lowest BCUT2D eigenvalue weighted by Gasteiger charge is -2.21. The summed E-state index contributed by atoms with van der Waals surface area (Å²) in [7, 11) is -3.76. The number of hydrogen-bond acceptors (Lipinski definition) is 4. The maximum atomic E-state index is 13.5. The predicted octanol–water partition coefficient (Wildman–Crippen LogP) is 3.95. The summed E-state index contributed by atoms with van der Waals surface area (Å²) >= 11 is 0. The van der Waals surface area contributed by atoms with Crippen molar-refractivity contribution < 1.29 is 27.8 Å². The van der Waals surface area contributed by atoms with Crippen LogP contribution in [0.25, 0.3) is 5.57 Å². The average molecular weight is 450 g/mol. The quantitative estimate of drug-likeness (QED) is 0.530. The lowest BCUT2D eigenvalue weighted by molar-refractivity contribution is -0.133. The fourth-order valence-electron chi connectivity index (χ4n) is 3.07. The van der Waals surface area contributed by atoms with Gasteiger partial charge in [0.05, 0.1) is 11.0 Å². The number of carboxylic acid groups (broad SMARTS) is 1. The molecule has 0 aromatic heterocycles. The van der Waals surface area contributed by atoms with Gasteiger partial charge in [-0.25, -0.2) is 22.3 Å². The number of aliphatic carboxylic acids is 1. The molecule has 0 heterocycles. The Balaban J connectivity index is 2.63. The Kier molecular flexibility index (Phi) is 7.75. The molecule has 2 aromatic carbocycles. The first kappa shape index (κ1) is 24.7. The summed E-state index contributed by atoms with van der Waals surface area (Å²) in [5, 5.41) is 19.9. The SMILES string of the molecule is CCC(O)CC(C(=O)O)=C(c1ccc(F)cc1)c1ccc(S(=O)(=O)NC(C)(C)C)cc1. The molecule has 0 aliphatic heterocycles. The van der Waals surface area contributed by atoms with E-state index >= 15 is 0 Å². The molecule has 0 radical (unpaired) electrons. The van der Waals surface area contributed by atoms with Crippen molar-refractivity contribution in [3.63, 3.8) is 0 Å². The van der Waals surface area contributed by atoms with E-state index in [2.05, 4.69) is 4.72 Å². The summed E-state index contributed by atoms with van der Waals surface area (Å²) in [5.41, 5.74) is 0.494. The molecule has 0 aliphatic carbocycles. The van der Waals surface area contributed by atoms with Gasteiger partial charge in [0.25, 0.3) is 0 Å². The van der Waals surface area contributed by atoms with Gasteiger partial charge in [-0.1, -0.05) is 31.2 Å². The summed E-state index contributed by atoms with van der Waals surface area (Å²) in [5.74, 6) is -1.68. The molecule has 0 aliphatic rings. The van der Waals surface area contributed by atoms with E-state index in [-0.39, 0.29) is 16.9 Å². The van der Waals surface area contributed by atoms with Crippen LogP contribution >= 0.6 is 0 Å². The van der Waals surface area contributed by atoms with Crippen LogP contribution in [0.5, 0.6) is 0 Å². The Morgan fingerprint density at radius 3 is 1.94 bits per heavy atom. The van der Waals surface area contributed by atoms with Gasteiger partial charge in [0, 0.05) is 17.5 Å². The number of hydrogen-bond donors (Lipinski definition) is 3. The molecule has 0 spiro atoms. The second-order valence-electron chi connectivity index (χ2n) is 8.31. The molecule has 0 saturated heterocycles. The second kappa shape index (κ2) is 9.72. The number of aliphatic hydroxyl groups excluding tert-OH is 1. The van der Waals surface area contributed by atoms with E-state index in [1.807, 2.05) is 0 Å². The molecule has 0 amide bonds. The van der Waals surface area contributed by atoms with Crippen LogP contribution in [-0.4, -0.2) is 36.2 Å². The molecule has 0 bridgehead atoms. The monoisotopic (exact) mass is 449 g/mol. The largest absolute Gasteiger partial charge is 0.478 e. The molecular weight excluding hydrogens is 421 g/mol. The Bertz CT molecular complexity index is 1050. The highest BCUT2D eigenvalue weighted by molar-refractivity contribution is 7.89. The van der Waals surface area contributed by atoms with Gasteiger partial charge in [-0.3, -0.25) is 0 Å². The summed E-state index contributed by atoms with van der Waals surface area (Å²) < 4.78 is 41.2. The summed E-state index contributed by atoms with van der Waals surface area (Å²) in [4.78, 5) is 12.1. The van der Waals surface area contributed by atoms with Crippen molar-refractivity contribution in [1.82, 2.24) is 4.72 Å². The van der Waals surface area contributed by atoms with Crippen molar-refractivity contribution >= 4 is 21.6 Å². The van der Waals surface area contributed by atoms with Crippen molar-refractivity contribution in [2.24, 2.45) is 0 Å². The zero-order valence-corrected chi connectivity index (χ0v) is 18.8. The highest BCUT2D eigenvalue weighted by atomic mass is 32.2. The minimum atomic E-state index is -3.76. The lowest BCUT2D eigenvalue weighted by Crippen LogP contribution is -2.40. The molecule has 2 rings (SSSR count). The maximum absolute atomic E-state index is 13.5. The third-order valence-electron chi connectivity index (χ3n) is 4.50.